The average Bonchev–Trinajstić information content (AvgIpc) is 3.28. The minimum absolute atomic E-state index is 0.0575. The molecule has 1 N–H and O–H groups in total. The van der Waals surface area contributed by atoms with Crippen molar-refractivity contribution in [3.05, 3.63) is 35.4 Å². The maximum absolute atomic E-state index is 12.8. The molecule has 0 aliphatic carbocycles. The monoisotopic (exact) mass is 422 g/mol. The molecule has 162 valence electrons. The zero-order valence-corrected chi connectivity index (χ0v) is 16.8. The molecule has 2 heterocycles. The molecule has 2 fully saturated rings. The zero-order chi connectivity index (χ0) is 21.6. The van der Waals surface area contributed by atoms with Crippen LogP contribution in [0.5, 0.6) is 0 Å². The first-order valence-electron chi connectivity index (χ1n) is 9.90. The van der Waals surface area contributed by atoms with Gasteiger partial charge >= 0.3 is 6.18 Å². The summed E-state index contributed by atoms with van der Waals surface area (Å²) < 4.78 is 43.8. The summed E-state index contributed by atoms with van der Waals surface area (Å²) >= 11 is 0. The van der Waals surface area contributed by atoms with Crippen molar-refractivity contribution in [2.24, 2.45) is 4.99 Å². The van der Waals surface area contributed by atoms with Crippen LogP contribution in [0.4, 0.5) is 13.2 Å². The Labute approximate surface area is 174 Å². The molecule has 1 atom stereocenters. The number of alkyl halides is 3. The molecule has 3 rings (SSSR count). The highest BCUT2D eigenvalue weighted by atomic mass is 19.4. The Kier molecular flexibility index (Phi) is 7.21. The van der Waals surface area contributed by atoms with E-state index in [1.54, 1.807) is 13.1 Å². The number of carbonyl (C=O) groups is 1. The number of amides is 1. The standard InChI is InChI=1S/C21H25F3N4O2/c1-25-20(26-9-3-6-16-5-2-7-17(15-16)21(22,23)24)28-12-10-27(11-13-28)19(29)18-8-4-14-30-18/h2,5,7,15,18H,4,8-14H2,1H3,(H,25,26). The number of rotatable bonds is 2. The smallest absolute Gasteiger partial charge is 0.368 e. The lowest BCUT2D eigenvalue weighted by atomic mass is 10.1. The van der Waals surface area contributed by atoms with Crippen molar-refractivity contribution >= 4 is 11.9 Å². The summed E-state index contributed by atoms with van der Waals surface area (Å²) in [5.41, 5.74) is -0.406. The number of halogens is 3. The third kappa shape index (κ3) is 5.66. The summed E-state index contributed by atoms with van der Waals surface area (Å²) in [5.74, 6) is 6.28. The van der Waals surface area contributed by atoms with E-state index in [0.717, 1.165) is 25.0 Å². The molecule has 1 amide bonds. The molecule has 1 aromatic carbocycles. The van der Waals surface area contributed by atoms with Crippen LogP contribution in [0.15, 0.2) is 29.3 Å². The van der Waals surface area contributed by atoms with E-state index in [1.165, 1.54) is 6.07 Å². The molecule has 30 heavy (non-hydrogen) atoms. The lowest BCUT2D eigenvalue weighted by Crippen LogP contribution is -2.55. The number of hydrogen-bond acceptors (Lipinski definition) is 3. The SMILES string of the molecule is CN=C(NCC#Cc1cccc(C(F)(F)F)c1)N1CCN(C(=O)C2CCCO2)CC1. The van der Waals surface area contributed by atoms with Crippen molar-refractivity contribution in [3.63, 3.8) is 0 Å². The Morgan fingerprint density at radius 2 is 2.00 bits per heavy atom. The van der Waals surface area contributed by atoms with Crippen LogP contribution in [0.3, 0.4) is 0 Å². The van der Waals surface area contributed by atoms with Crippen LogP contribution in [0.2, 0.25) is 0 Å². The van der Waals surface area contributed by atoms with Crippen molar-refractivity contribution in [3.8, 4) is 11.8 Å². The molecule has 2 saturated heterocycles. The van der Waals surface area contributed by atoms with Crippen LogP contribution in [0.1, 0.15) is 24.0 Å². The van der Waals surface area contributed by atoms with Gasteiger partial charge in [-0.3, -0.25) is 9.79 Å². The van der Waals surface area contributed by atoms with Crippen LogP contribution >= 0.6 is 0 Å². The summed E-state index contributed by atoms with van der Waals surface area (Å²) in [5, 5.41) is 3.11. The van der Waals surface area contributed by atoms with Gasteiger partial charge in [0.15, 0.2) is 5.96 Å². The quantitative estimate of drug-likeness (QED) is 0.450. The highest BCUT2D eigenvalue weighted by Crippen LogP contribution is 2.29. The number of guanidine groups is 1. The Morgan fingerprint density at radius 3 is 2.63 bits per heavy atom. The van der Waals surface area contributed by atoms with Gasteiger partial charge in [-0.05, 0) is 31.0 Å². The van der Waals surface area contributed by atoms with Gasteiger partial charge in [0.1, 0.15) is 6.10 Å². The Morgan fingerprint density at radius 1 is 1.27 bits per heavy atom. The third-order valence-electron chi connectivity index (χ3n) is 5.07. The lowest BCUT2D eigenvalue weighted by molar-refractivity contribution is -0.142. The first kappa shape index (κ1) is 22.0. The topological polar surface area (TPSA) is 57.2 Å². The van der Waals surface area contributed by atoms with Crippen LogP contribution in [-0.2, 0) is 15.7 Å². The summed E-state index contributed by atoms with van der Waals surface area (Å²) in [6.45, 7) is 3.36. The molecule has 0 radical (unpaired) electrons. The molecule has 0 spiro atoms. The fourth-order valence-electron chi connectivity index (χ4n) is 3.49. The van der Waals surface area contributed by atoms with E-state index in [2.05, 4.69) is 22.2 Å². The van der Waals surface area contributed by atoms with Crippen molar-refractivity contribution < 1.29 is 22.7 Å². The highest BCUT2D eigenvalue weighted by Gasteiger charge is 2.31. The second kappa shape index (κ2) is 9.85. The molecule has 0 saturated carbocycles. The Hall–Kier alpha value is -2.73. The van der Waals surface area contributed by atoms with Gasteiger partial charge in [-0.1, -0.05) is 17.9 Å². The number of ether oxygens (including phenoxy) is 1. The number of nitrogens with one attached hydrogen (secondary N) is 1. The first-order chi connectivity index (χ1) is 14.4. The van der Waals surface area contributed by atoms with Gasteiger partial charge in [0, 0.05) is 45.4 Å². The fourth-order valence-corrected chi connectivity index (χ4v) is 3.49. The predicted molar refractivity (Wildman–Crippen MR) is 107 cm³/mol. The van der Waals surface area contributed by atoms with Crippen LogP contribution < -0.4 is 5.32 Å². The number of carbonyl (C=O) groups excluding carboxylic acids is 1. The maximum atomic E-state index is 12.8. The molecule has 9 heteroatoms. The zero-order valence-electron chi connectivity index (χ0n) is 16.8. The molecule has 0 aromatic heterocycles. The first-order valence-corrected chi connectivity index (χ1v) is 9.90. The molecule has 0 bridgehead atoms. The minimum Gasteiger partial charge on any atom is -0.368 e. The van der Waals surface area contributed by atoms with Gasteiger partial charge in [0.2, 0.25) is 0 Å². The van der Waals surface area contributed by atoms with E-state index in [-0.39, 0.29) is 18.6 Å². The number of hydrogen-bond donors (Lipinski definition) is 1. The lowest BCUT2D eigenvalue weighted by Gasteiger charge is -2.37. The summed E-state index contributed by atoms with van der Waals surface area (Å²) in [7, 11) is 1.66. The molecule has 1 unspecified atom stereocenters. The molecular formula is C21H25F3N4O2. The largest absolute Gasteiger partial charge is 0.416 e. The van der Waals surface area contributed by atoms with Crippen molar-refractivity contribution in [1.82, 2.24) is 15.1 Å². The number of aliphatic imine (C=N–C) groups is 1. The van der Waals surface area contributed by atoms with Gasteiger partial charge in [-0.15, -0.1) is 0 Å². The molecular weight excluding hydrogens is 397 g/mol. The van der Waals surface area contributed by atoms with E-state index >= 15 is 0 Å². The number of nitrogens with zero attached hydrogens (tertiary/aromatic N) is 3. The average molecular weight is 422 g/mol. The normalized spacial score (nSPS) is 20.0. The van der Waals surface area contributed by atoms with E-state index in [1.807, 2.05) is 9.80 Å². The number of benzene rings is 1. The van der Waals surface area contributed by atoms with Gasteiger partial charge in [-0.25, -0.2) is 0 Å². The number of piperazine rings is 1. The van der Waals surface area contributed by atoms with Gasteiger partial charge < -0.3 is 19.9 Å². The predicted octanol–water partition coefficient (Wildman–Crippen LogP) is 1.96. The maximum Gasteiger partial charge on any atom is 0.416 e. The van der Waals surface area contributed by atoms with Crippen molar-refractivity contribution in [2.75, 3.05) is 46.4 Å². The van der Waals surface area contributed by atoms with E-state index in [4.69, 9.17) is 4.74 Å². The summed E-state index contributed by atoms with van der Waals surface area (Å²) in [6.07, 6.45) is -2.98. The Balaban J connectivity index is 1.48. The Bertz CT molecular complexity index is 831. The molecule has 1 aromatic rings. The third-order valence-corrected chi connectivity index (χ3v) is 5.07. The highest BCUT2D eigenvalue weighted by molar-refractivity contribution is 5.83. The van der Waals surface area contributed by atoms with E-state index < -0.39 is 11.7 Å². The minimum atomic E-state index is -4.38. The molecule has 2 aliphatic heterocycles. The van der Waals surface area contributed by atoms with E-state index in [0.29, 0.717) is 44.3 Å². The summed E-state index contributed by atoms with van der Waals surface area (Å²) in [4.78, 5) is 20.5. The molecule has 6 nitrogen and oxygen atoms in total. The molecule has 2 aliphatic rings. The van der Waals surface area contributed by atoms with E-state index in [9.17, 15) is 18.0 Å². The van der Waals surface area contributed by atoms with Crippen LogP contribution in [-0.4, -0.2) is 74.1 Å². The second-order valence-corrected chi connectivity index (χ2v) is 7.10. The van der Waals surface area contributed by atoms with Crippen LogP contribution in [0, 0.1) is 11.8 Å². The second-order valence-electron chi connectivity index (χ2n) is 7.10. The summed E-state index contributed by atoms with van der Waals surface area (Å²) in [6, 6.07) is 4.94. The van der Waals surface area contributed by atoms with Gasteiger partial charge in [0.25, 0.3) is 5.91 Å². The van der Waals surface area contributed by atoms with Crippen molar-refractivity contribution in [1.29, 1.82) is 0 Å². The fraction of sp³-hybridized carbons (Fsp3) is 0.524. The van der Waals surface area contributed by atoms with Crippen molar-refractivity contribution in [2.45, 2.75) is 25.1 Å². The van der Waals surface area contributed by atoms with Crippen LogP contribution in [0.25, 0.3) is 0 Å². The van der Waals surface area contributed by atoms with Gasteiger partial charge in [-0.2, -0.15) is 13.2 Å². The van der Waals surface area contributed by atoms with Gasteiger partial charge in [0.05, 0.1) is 12.1 Å².